The number of nitrogens with zero attached hydrogens (tertiary/aromatic N) is 6. The molecule has 8 rings (SSSR count). The number of aromatic nitrogens is 4. The first kappa shape index (κ1) is 39.3. The van der Waals surface area contributed by atoms with Crippen molar-refractivity contribution in [3.63, 3.8) is 0 Å². The Morgan fingerprint density at radius 3 is 2.04 bits per heavy atom. The topological polar surface area (TPSA) is 138 Å². The number of carboxylic acids is 1. The fourth-order valence-electron chi connectivity index (χ4n) is 9.80. The van der Waals surface area contributed by atoms with Crippen LogP contribution >= 0.6 is 11.6 Å². The van der Waals surface area contributed by atoms with E-state index in [-0.39, 0.29) is 17.7 Å². The summed E-state index contributed by atoms with van der Waals surface area (Å²) in [5, 5.41) is 15.9. The van der Waals surface area contributed by atoms with Crippen LogP contribution in [0.3, 0.4) is 0 Å². The number of hydrogen-bond acceptors (Lipinski definition) is 7. The van der Waals surface area contributed by atoms with Crippen LogP contribution in [0.25, 0.3) is 11.1 Å². The molecule has 0 unspecified atom stereocenters. The van der Waals surface area contributed by atoms with Crippen molar-refractivity contribution in [2.45, 2.75) is 103 Å². The van der Waals surface area contributed by atoms with Gasteiger partial charge >= 0.3 is 5.97 Å². The van der Waals surface area contributed by atoms with E-state index in [1.54, 1.807) is 6.07 Å². The molecule has 3 N–H and O–H groups in total. The molecule has 2 amide bonds. The summed E-state index contributed by atoms with van der Waals surface area (Å²) in [5.41, 5.74) is 7.73. The zero-order valence-corrected chi connectivity index (χ0v) is 34.2. The first-order valence-electron chi connectivity index (χ1n) is 20.8. The highest BCUT2D eigenvalue weighted by Crippen LogP contribution is 2.38. The van der Waals surface area contributed by atoms with E-state index in [0.717, 1.165) is 111 Å². The van der Waals surface area contributed by atoms with Crippen molar-refractivity contribution >= 4 is 40.8 Å². The lowest BCUT2D eigenvalue weighted by Gasteiger charge is -2.36. The van der Waals surface area contributed by atoms with Gasteiger partial charge in [0.15, 0.2) is 11.6 Å². The standard InChI is InChI=1S/C44H55ClN8O4/c1-27-31(11-7-13-33(27)48-42(54)40-47-36-26-53(24-21-38(36)51(40)3)30-9-5-4-6-10-30)32-12-8-14-34(39(32)45)49-43(55)41-46-35-25-52(23-20-37(35)50(41)2)22-19-28-15-17-29(18-16-28)44(56)57/h7-8,11-14,28-30H,4-6,9-10,15-26H2,1-3H3,(H,48,54)(H,49,55)(H,56,57). The summed E-state index contributed by atoms with van der Waals surface area (Å²) in [7, 11) is 3.83. The van der Waals surface area contributed by atoms with E-state index in [9.17, 15) is 19.5 Å². The average Bonchev–Trinajstić information content (AvgIpc) is 3.74. The van der Waals surface area contributed by atoms with Crippen molar-refractivity contribution in [3.8, 4) is 11.1 Å². The maximum atomic E-state index is 13.8. The van der Waals surface area contributed by atoms with Crippen molar-refractivity contribution in [1.29, 1.82) is 0 Å². The number of nitrogens with one attached hydrogen (secondary N) is 2. The number of hydrogen-bond donors (Lipinski definition) is 3. The minimum absolute atomic E-state index is 0.190. The Bertz CT molecular complexity index is 2160. The first-order valence-corrected chi connectivity index (χ1v) is 21.2. The van der Waals surface area contributed by atoms with E-state index in [0.29, 0.717) is 46.6 Å². The monoisotopic (exact) mass is 794 g/mol. The Morgan fingerprint density at radius 2 is 1.37 bits per heavy atom. The van der Waals surface area contributed by atoms with E-state index >= 15 is 0 Å². The Hall–Kier alpha value is -4.52. The number of benzene rings is 2. The predicted octanol–water partition coefficient (Wildman–Crippen LogP) is 7.62. The normalized spacial score (nSPS) is 20.5. The number of carbonyl (C=O) groups excluding carboxylic acids is 2. The van der Waals surface area contributed by atoms with Crippen molar-refractivity contribution < 1.29 is 19.5 Å². The molecule has 0 saturated heterocycles. The summed E-state index contributed by atoms with van der Waals surface area (Å²) in [6.07, 6.45) is 12.7. The van der Waals surface area contributed by atoms with E-state index < -0.39 is 5.97 Å². The van der Waals surface area contributed by atoms with Crippen molar-refractivity contribution in [1.82, 2.24) is 28.9 Å². The molecule has 0 radical (unpaired) electrons. The minimum Gasteiger partial charge on any atom is -0.481 e. The summed E-state index contributed by atoms with van der Waals surface area (Å²) in [5.74, 6) is -0.108. The van der Waals surface area contributed by atoms with Crippen molar-refractivity contribution in [2.24, 2.45) is 25.9 Å². The van der Waals surface area contributed by atoms with Gasteiger partial charge in [-0.1, -0.05) is 55.1 Å². The van der Waals surface area contributed by atoms with Crippen molar-refractivity contribution in [2.75, 3.05) is 30.3 Å². The third-order valence-electron chi connectivity index (χ3n) is 13.3. The van der Waals surface area contributed by atoms with Crippen molar-refractivity contribution in [3.05, 3.63) is 81.4 Å². The maximum Gasteiger partial charge on any atom is 0.306 e. The predicted molar refractivity (Wildman–Crippen MR) is 222 cm³/mol. The van der Waals surface area contributed by atoms with Gasteiger partial charge in [-0.2, -0.15) is 0 Å². The summed E-state index contributed by atoms with van der Waals surface area (Å²) in [4.78, 5) is 53.5. The van der Waals surface area contributed by atoms with Gasteiger partial charge in [0.1, 0.15) is 0 Å². The second-order valence-electron chi connectivity index (χ2n) is 16.7. The summed E-state index contributed by atoms with van der Waals surface area (Å²) in [6.45, 7) is 6.28. The van der Waals surface area contributed by atoms with E-state index in [1.807, 2.05) is 60.5 Å². The molecule has 0 bridgehead atoms. The highest BCUT2D eigenvalue weighted by Gasteiger charge is 2.31. The fourth-order valence-corrected chi connectivity index (χ4v) is 10.1. The summed E-state index contributed by atoms with van der Waals surface area (Å²) < 4.78 is 3.85. The highest BCUT2D eigenvalue weighted by atomic mass is 35.5. The lowest BCUT2D eigenvalue weighted by molar-refractivity contribution is -0.143. The average molecular weight is 795 g/mol. The van der Waals surface area contributed by atoms with Gasteiger partial charge in [0.05, 0.1) is 28.0 Å². The molecular formula is C44H55ClN8O4. The number of imidazole rings is 2. The highest BCUT2D eigenvalue weighted by molar-refractivity contribution is 6.36. The molecule has 4 heterocycles. The van der Waals surface area contributed by atoms with Crippen LogP contribution in [0.2, 0.25) is 5.02 Å². The fraction of sp³-hybridized carbons (Fsp3) is 0.523. The van der Waals surface area contributed by atoms with Crippen LogP contribution in [0, 0.1) is 18.8 Å². The number of carboxylic acid groups (broad SMARTS) is 1. The first-order chi connectivity index (χ1) is 27.5. The molecule has 13 heteroatoms. The quantitative estimate of drug-likeness (QED) is 0.149. The molecule has 2 saturated carbocycles. The second kappa shape index (κ2) is 16.8. The molecule has 2 aromatic carbocycles. The number of carbonyl (C=O) groups is 3. The molecule has 2 aliphatic carbocycles. The van der Waals surface area contributed by atoms with Gasteiger partial charge in [0.2, 0.25) is 0 Å². The van der Waals surface area contributed by atoms with Crippen LogP contribution in [0.5, 0.6) is 0 Å². The Morgan fingerprint density at radius 1 is 0.772 bits per heavy atom. The summed E-state index contributed by atoms with van der Waals surface area (Å²) >= 11 is 7.05. The SMILES string of the molecule is Cc1c(NC(=O)c2nc3c(n2C)CCN(C2CCCCC2)C3)cccc1-c1cccc(NC(=O)c2nc3c(n2C)CCN(CCC2CCC(C(=O)O)CC2)C3)c1Cl. The van der Waals surface area contributed by atoms with Crippen LogP contribution in [0.1, 0.15) is 114 Å². The van der Waals surface area contributed by atoms with Crippen LogP contribution in [0.4, 0.5) is 11.4 Å². The minimum atomic E-state index is -0.663. The number of rotatable bonds is 10. The molecule has 0 spiro atoms. The smallest absolute Gasteiger partial charge is 0.306 e. The van der Waals surface area contributed by atoms with Crippen LogP contribution < -0.4 is 10.6 Å². The molecule has 4 aliphatic rings. The third kappa shape index (κ3) is 8.13. The van der Waals surface area contributed by atoms with Gasteiger partial charge in [-0.3, -0.25) is 24.2 Å². The van der Waals surface area contributed by atoms with Gasteiger partial charge in [0, 0.05) is 81.8 Å². The molecule has 2 aliphatic heterocycles. The van der Waals surface area contributed by atoms with Gasteiger partial charge in [0.25, 0.3) is 11.8 Å². The van der Waals surface area contributed by atoms with Crippen LogP contribution in [-0.2, 0) is 44.8 Å². The largest absolute Gasteiger partial charge is 0.481 e. The molecular weight excluding hydrogens is 740 g/mol. The molecule has 302 valence electrons. The molecule has 0 atom stereocenters. The molecule has 2 aromatic heterocycles. The lowest BCUT2D eigenvalue weighted by Crippen LogP contribution is -2.40. The molecule has 57 heavy (non-hydrogen) atoms. The molecule has 4 aromatic rings. The lowest BCUT2D eigenvalue weighted by atomic mass is 9.80. The molecule has 2 fully saturated rings. The zero-order chi connectivity index (χ0) is 39.8. The van der Waals surface area contributed by atoms with Gasteiger partial charge < -0.3 is 24.9 Å². The third-order valence-corrected chi connectivity index (χ3v) is 13.7. The van der Waals surface area contributed by atoms with E-state index in [4.69, 9.17) is 21.6 Å². The number of anilines is 2. The Kier molecular flexibility index (Phi) is 11.6. The summed E-state index contributed by atoms with van der Waals surface area (Å²) in [6, 6.07) is 11.9. The number of fused-ring (bicyclic) bond motifs is 2. The van der Waals surface area contributed by atoms with Gasteiger partial charge in [-0.05, 0) is 87.6 Å². The Balaban J connectivity index is 0.921. The number of halogens is 1. The van der Waals surface area contributed by atoms with E-state index in [1.165, 1.54) is 32.1 Å². The molecule has 12 nitrogen and oxygen atoms in total. The van der Waals surface area contributed by atoms with Crippen LogP contribution in [-0.4, -0.2) is 77.5 Å². The maximum absolute atomic E-state index is 13.8. The van der Waals surface area contributed by atoms with E-state index in [2.05, 4.69) is 20.4 Å². The van der Waals surface area contributed by atoms with Gasteiger partial charge in [-0.15, -0.1) is 0 Å². The second-order valence-corrected chi connectivity index (χ2v) is 17.1. The van der Waals surface area contributed by atoms with Gasteiger partial charge in [-0.25, -0.2) is 9.97 Å². The Labute approximate surface area is 340 Å². The van der Waals surface area contributed by atoms with Crippen LogP contribution in [0.15, 0.2) is 36.4 Å². The number of aliphatic carboxylic acids is 1. The zero-order valence-electron chi connectivity index (χ0n) is 33.5. The number of amides is 2.